The van der Waals surface area contributed by atoms with Crippen LogP contribution in [-0.4, -0.2) is 64.8 Å². The van der Waals surface area contributed by atoms with Crippen molar-refractivity contribution in [3.8, 4) is 11.6 Å². The summed E-state index contributed by atoms with van der Waals surface area (Å²) in [4.78, 5) is 10.9. The van der Waals surface area contributed by atoms with Crippen molar-refractivity contribution in [3.05, 3.63) is 18.3 Å². The SMILES string of the molecule is CCS(=O)(=O)N1CCN(c2cncc(-c3nnc(C4CCCCC4)o3)n2)CC1. The number of rotatable bonds is 5. The molecule has 0 bridgehead atoms. The zero-order chi connectivity index (χ0) is 19.6. The second kappa shape index (κ2) is 8.12. The number of anilines is 1. The fraction of sp³-hybridized carbons (Fsp3) is 0.667. The predicted molar refractivity (Wildman–Crippen MR) is 104 cm³/mol. The Bertz CT molecular complexity index is 902. The Morgan fingerprint density at radius 2 is 1.82 bits per heavy atom. The van der Waals surface area contributed by atoms with Crippen LogP contribution in [0.15, 0.2) is 16.8 Å². The summed E-state index contributed by atoms with van der Waals surface area (Å²) in [6.45, 7) is 3.73. The van der Waals surface area contributed by atoms with Crippen LogP contribution in [-0.2, 0) is 10.0 Å². The second-order valence-corrected chi connectivity index (χ2v) is 9.59. The Labute approximate surface area is 165 Å². The smallest absolute Gasteiger partial charge is 0.267 e. The highest BCUT2D eigenvalue weighted by Gasteiger charge is 2.27. The lowest BCUT2D eigenvalue weighted by molar-refractivity contribution is 0.366. The van der Waals surface area contributed by atoms with Crippen molar-refractivity contribution in [1.29, 1.82) is 0 Å². The van der Waals surface area contributed by atoms with Crippen molar-refractivity contribution in [2.24, 2.45) is 0 Å². The average Bonchev–Trinajstić information content (AvgIpc) is 3.25. The lowest BCUT2D eigenvalue weighted by Crippen LogP contribution is -2.49. The summed E-state index contributed by atoms with van der Waals surface area (Å²) in [5.41, 5.74) is 0.552. The molecule has 1 aliphatic carbocycles. The van der Waals surface area contributed by atoms with E-state index in [1.54, 1.807) is 19.3 Å². The summed E-state index contributed by atoms with van der Waals surface area (Å²) >= 11 is 0. The molecule has 1 saturated carbocycles. The van der Waals surface area contributed by atoms with E-state index in [1.807, 2.05) is 4.90 Å². The Hall–Kier alpha value is -2.07. The van der Waals surface area contributed by atoms with Gasteiger partial charge in [0.15, 0.2) is 0 Å². The lowest BCUT2D eigenvalue weighted by atomic mass is 9.89. The molecule has 152 valence electrons. The van der Waals surface area contributed by atoms with Gasteiger partial charge in [0.1, 0.15) is 11.5 Å². The first-order chi connectivity index (χ1) is 13.6. The lowest BCUT2D eigenvalue weighted by Gasteiger charge is -2.34. The molecule has 0 radical (unpaired) electrons. The maximum Gasteiger partial charge on any atom is 0.267 e. The van der Waals surface area contributed by atoms with Crippen molar-refractivity contribution in [2.75, 3.05) is 36.8 Å². The van der Waals surface area contributed by atoms with Crippen LogP contribution in [0.4, 0.5) is 5.82 Å². The first-order valence-corrected chi connectivity index (χ1v) is 11.6. The molecule has 2 aromatic rings. The van der Waals surface area contributed by atoms with Gasteiger partial charge >= 0.3 is 0 Å². The molecule has 3 heterocycles. The minimum atomic E-state index is -3.15. The maximum absolute atomic E-state index is 12.0. The molecule has 2 fully saturated rings. The van der Waals surface area contributed by atoms with Gasteiger partial charge in [0.2, 0.25) is 15.9 Å². The fourth-order valence-electron chi connectivity index (χ4n) is 3.84. The molecule has 2 aliphatic rings. The van der Waals surface area contributed by atoms with E-state index in [0.717, 1.165) is 12.8 Å². The summed E-state index contributed by atoms with van der Waals surface area (Å²) in [7, 11) is -3.15. The zero-order valence-corrected chi connectivity index (χ0v) is 16.9. The Morgan fingerprint density at radius 3 is 2.54 bits per heavy atom. The fourth-order valence-corrected chi connectivity index (χ4v) is 4.93. The Morgan fingerprint density at radius 1 is 1.07 bits per heavy atom. The van der Waals surface area contributed by atoms with Gasteiger partial charge in [0, 0.05) is 32.1 Å². The van der Waals surface area contributed by atoms with Gasteiger partial charge in [-0.2, -0.15) is 4.31 Å². The van der Waals surface area contributed by atoms with E-state index >= 15 is 0 Å². The van der Waals surface area contributed by atoms with Gasteiger partial charge < -0.3 is 9.32 Å². The molecule has 0 unspecified atom stereocenters. The highest BCUT2D eigenvalue weighted by Crippen LogP contribution is 2.33. The van der Waals surface area contributed by atoms with Crippen molar-refractivity contribution >= 4 is 15.8 Å². The quantitative estimate of drug-likeness (QED) is 0.743. The normalized spacial score (nSPS) is 19.8. The van der Waals surface area contributed by atoms with Gasteiger partial charge in [-0.15, -0.1) is 10.2 Å². The van der Waals surface area contributed by atoms with Crippen LogP contribution in [0.5, 0.6) is 0 Å². The summed E-state index contributed by atoms with van der Waals surface area (Å²) in [6.07, 6.45) is 9.19. The summed E-state index contributed by atoms with van der Waals surface area (Å²) in [6, 6.07) is 0. The van der Waals surface area contributed by atoms with Crippen molar-refractivity contribution in [3.63, 3.8) is 0 Å². The Kier molecular flexibility index (Phi) is 5.58. The maximum atomic E-state index is 12.0. The van der Waals surface area contributed by atoms with Crippen LogP contribution in [0.1, 0.15) is 50.8 Å². The molecule has 10 heteroatoms. The van der Waals surface area contributed by atoms with Gasteiger partial charge in [-0.3, -0.25) is 4.98 Å². The van der Waals surface area contributed by atoms with Gasteiger partial charge in [-0.25, -0.2) is 13.4 Å². The molecule has 0 amide bonds. The first-order valence-electron chi connectivity index (χ1n) is 9.95. The number of hydrogen-bond acceptors (Lipinski definition) is 8. The zero-order valence-electron chi connectivity index (χ0n) is 16.1. The third-order valence-electron chi connectivity index (χ3n) is 5.56. The van der Waals surface area contributed by atoms with Crippen LogP contribution < -0.4 is 4.90 Å². The molecular formula is C18H26N6O3S. The van der Waals surface area contributed by atoms with Crippen LogP contribution in [0.2, 0.25) is 0 Å². The van der Waals surface area contributed by atoms with E-state index in [0.29, 0.717) is 55.4 Å². The van der Waals surface area contributed by atoms with Crippen molar-refractivity contribution < 1.29 is 12.8 Å². The third-order valence-corrected chi connectivity index (χ3v) is 7.44. The van der Waals surface area contributed by atoms with Crippen molar-refractivity contribution in [2.45, 2.75) is 44.9 Å². The molecule has 0 atom stereocenters. The summed E-state index contributed by atoms with van der Waals surface area (Å²) < 4.78 is 31.5. The molecule has 1 aliphatic heterocycles. The van der Waals surface area contributed by atoms with Gasteiger partial charge in [0.05, 0.1) is 18.1 Å². The number of aromatic nitrogens is 4. The van der Waals surface area contributed by atoms with E-state index in [1.165, 1.54) is 23.6 Å². The van der Waals surface area contributed by atoms with Crippen LogP contribution in [0.25, 0.3) is 11.6 Å². The summed E-state index contributed by atoms with van der Waals surface area (Å²) in [5, 5.41) is 8.41. The van der Waals surface area contributed by atoms with Crippen LogP contribution >= 0.6 is 0 Å². The molecule has 28 heavy (non-hydrogen) atoms. The molecule has 0 spiro atoms. The second-order valence-electron chi connectivity index (χ2n) is 7.33. The highest BCUT2D eigenvalue weighted by molar-refractivity contribution is 7.89. The van der Waals surface area contributed by atoms with E-state index < -0.39 is 10.0 Å². The minimum absolute atomic E-state index is 0.128. The number of piperazine rings is 1. The molecule has 0 N–H and O–H groups in total. The molecule has 1 saturated heterocycles. The molecule has 9 nitrogen and oxygen atoms in total. The molecule has 0 aromatic carbocycles. The van der Waals surface area contributed by atoms with E-state index in [4.69, 9.17) is 4.42 Å². The van der Waals surface area contributed by atoms with Gasteiger partial charge in [0.25, 0.3) is 5.89 Å². The average molecular weight is 407 g/mol. The monoisotopic (exact) mass is 406 g/mol. The number of nitrogens with zero attached hydrogens (tertiary/aromatic N) is 6. The number of sulfonamides is 1. The van der Waals surface area contributed by atoms with Gasteiger partial charge in [-0.1, -0.05) is 19.3 Å². The predicted octanol–water partition coefficient (Wildman–Crippen LogP) is 2.05. The standard InChI is InChI=1S/C18H26N6O3S/c1-2-28(25,26)24-10-8-23(9-11-24)16-13-19-12-15(20-16)18-22-21-17(27-18)14-6-4-3-5-7-14/h12-14H,2-11H2,1H3. The summed E-state index contributed by atoms with van der Waals surface area (Å²) in [5.74, 6) is 2.26. The van der Waals surface area contributed by atoms with Crippen LogP contribution in [0, 0.1) is 0 Å². The number of hydrogen-bond donors (Lipinski definition) is 0. The van der Waals surface area contributed by atoms with Crippen LogP contribution in [0.3, 0.4) is 0 Å². The first kappa shape index (κ1) is 19.3. The highest BCUT2D eigenvalue weighted by atomic mass is 32.2. The Balaban J connectivity index is 1.46. The topological polar surface area (TPSA) is 105 Å². The van der Waals surface area contributed by atoms with E-state index in [2.05, 4.69) is 20.2 Å². The molecule has 4 rings (SSSR count). The minimum Gasteiger partial charge on any atom is -0.419 e. The molecule has 2 aromatic heterocycles. The third kappa shape index (κ3) is 4.02. The van der Waals surface area contributed by atoms with Gasteiger partial charge in [-0.05, 0) is 19.8 Å². The van der Waals surface area contributed by atoms with E-state index in [-0.39, 0.29) is 5.75 Å². The van der Waals surface area contributed by atoms with Crippen molar-refractivity contribution in [1.82, 2.24) is 24.5 Å². The largest absolute Gasteiger partial charge is 0.419 e. The van der Waals surface area contributed by atoms with E-state index in [9.17, 15) is 8.42 Å². The molecular weight excluding hydrogens is 380 g/mol.